The summed E-state index contributed by atoms with van der Waals surface area (Å²) in [5.74, 6) is 0.850. The Hall–Kier alpha value is -3.49. The number of hydrogen-bond acceptors (Lipinski definition) is 6. The van der Waals surface area contributed by atoms with Crippen molar-refractivity contribution in [2.75, 3.05) is 17.2 Å². The second kappa shape index (κ2) is 9.17. The van der Waals surface area contributed by atoms with Crippen LogP contribution in [0.1, 0.15) is 15.9 Å². The molecule has 0 fully saturated rings. The summed E-state index contributed by atoms with van der Waals surface area (Å²) >= 11 is 7.41. The third kappa shape index (κ3) is 4.27. The summed E-state index contributed by atoms with van der Waals surface area (Å²) in [4.78, 5) is 29.8. The molecule has 2 aromatic heterocycles. The SMILES string of the molecule is O=CN1CCc2cc(C(=O)CSc3nnc(-c4ccncc4)n3-c3ccc(Cl)cc3)ccc21. The van der Waals surface area contributed by atoms with Crippen molar-refractivity contribution in [3.8, 4) is 17.1 Å². The molecule has 2 aromatic carbocycles. The lowest BCUT2D eigenvalue weighted by Gasteiger charge is -2.11. The minimum atomic E-state index is -0.0107. The van der Waals surface area contributed by atoms with E-state index in [1.54, 1.807) is 35.5 Å². The van der Waals surface area contributed by atoms with Gasteiger partial charge in [0.2, 0.25) is 6.41 Å². The molecule has 9 heteroatoms. The molecule has 164 valence electrons. The average molecular weight is 476 g/mol. The van der Waals surface area contributed by atoms with Crippen LogP contribution in [0.15, 0.2) is 72.1 Å². The minimum Gasteiger partial charge on any atom is -0.314 e. The van der Waals surface area contributed by atoms with E-state index in [2.05, 4.69) is 15.2 Å². The van der Waals surface area contributed by atoms with Gasteiger partial charge in [-0.15, -0.1) is 10.2 Å². The largest absolute Gasteiger partial charge is 0.314 e. The maximum absolute atomic E-state index is 13.0. The number of carbonyl (C=O) groups is 2. The molecule has 0 N–H and O–H groups in total. The second-order valence-electron chi connectivity index (χ2n) is 7.46. The maximum Gasteiger partial charge on any atom is 0.214 e. The average Bonchev–Trinajstić information content (AvgIpc) is 3.47. The molecule has 5 rings (SSSR count). The topological polar surface area (TPSA) is 81.0 Å². The molecule has 0 bridgehead atoms. The third-order valence-corrected chi connectivity index (χ3v) is 6.63. The first-order valence-electron chi connectivity index (χ1n) is 10.3. The Labute approximate surface area is 199 Å². The van der Waals surface area contributed by atoms with Crippen LogP contribution in [-0.4, -0.2) is 44.2 Å². The Balaban J connectivity index is 1.42. The van der Waals surface area contributed by atoms with E-state index >= 15 is 0 Å². The number of thioether (sulfide) groups is 1. The Morgan fingerprint density at radius 2 is 1.85 bits per heavy atom. The number of rotatable bonds is 7. The molecule has 3 heterocycles. The maximum atomic E-state index is 13.0. The molecule has 0 radical (unpaired) electrons. The number of hydrogen-bond donors (Lipinski definition) is 0. The van der Waals surface area contributed by atoms with E-state index in [0.29, 0.717) is 28.1 Å². The number of Topliss-reactive ketones (excluding diaryl/α,β-unsaturated/α-hetero) is 1. The van der Waals surface area contributed by atoms with E-state index in [-0.39, 0.29) is 11.5 Å². The van der Waals surface area contributed by atoms with E-state index in [9.17, 15) is 9.59 Å². The van der Waals surface area contributed by atoms with Crippen LogP contribution >= 0.6 is 23.4 Å². The van der Waals surface area contributed by atoms with Crippen molar-refractivity contribution in [2.45, 2.75) is 11.6 Å². The van der Waals surface area contributed by atoms with Crippen LogP contribution in [0.3, 0.4) is 0 Å². The highest BCUT2D eigenvalue weighted by atomic mass is 35.5. The van der Waals surface area contributed by atoms with Crippen molar-refractivity contribution in [3.63, 3.8) is 0 Å². The van der Waals surface area contributed by atoms with Gasteiger partial charge in [0.25, 0.3) is 0 Å². The highest BCUT2D eigenvalue weighted by molar-refractivity contribution is 7.99. The van der Waals surface area contributed by atoms with Crippen molar-refractivity contribution >= 4 is 41.2 Å². The molecule has 1 aliphatic heterocycles. The van der Waals surface area contributed by atoms with Gasteiger partial charge in [-0.1, -0.05) is 23.4 Å². The molecular formula is C24H18ClN5O2S. The number of ketones is 1. The van der Waals surface area contributed by atoms with E-state index in [1.165, 1.54) is 11.8 Å². The van der Waals surface area contributed by atoms with Gasteiger partial charge >= 0.3 is 0 Å². The first-order chi connectivity index (χ1) is 16.1. The van der Waals surface area contributed by atoms with Crippen LogP contribution in [-0.2, 0) is 11.2 Å². The Bertz CT molecular complexity index is 1320. The number of pyridine rings is 1. The Kier molecular flexibility index (Phi) is 5.93. The predicted molar refractivity (Wildman–Crippen MR) is 128 cm³/mol. The summed E-state index contributed by atoms with van der Waals surface area (Å²) in [6.45, 7) is 0.646. The number of anilines is 1. The smallest absolute Gasteiger partial charge is 0.214 e. The fourth-order valence-corrected chi connectivity index (χ4v) is 4.77. The molecule has 1 aliphatic rings. The first-order valence-corrected chi connectivity index (χ1v) is 11.6. The van der Waals surface area contributed by atoms with Crippen molar-refractivity contribution < 1.29 is 9.59 Å². The monoisotopic (exact) mass is 475 g/mol. The van der Waals surface area contributed by atoms with Crippen LogP contribution in [0, 0.1) is 0 Å². The molecule has 4 aromatic rings. The van der Waals surface area contributed by atoms with Crippen molar-refractivity contribution in [1.82, 2.24) is 19.7 Å². The molecular weight excluding hydrogens is 458 g/mol. The van der Waals surface area contributed by atoms with Gasteiger partial charge in [0.1, 0.15) is 0 Å². The van der Waals surface area contributed by atoms with Crippen LogP contribution < -0.4 is 4.90 Å². The third-order valence-electron chi connectivity index (χ3n) is 5.45. The van der Waals surface area contributed by atoms with Gasteiger partial charge in [0.05, 0.1) is 5.75 Å². The van der Waals surface area contributed by atoms with Gasteiger partial charge in [0.15, 0.2) is 16.8 Å². The van der Waals surface area contributed by atoms with Gasteiger partial charge < -0.3 is 4.90 Å². The summed E-state index contributed by atoms with van der Waals surface area (Å²) in [5.41, 5.74) is 4.23. The van der Waals surface area contributed by atoms with Crippen molar-refractivity contribution in [2.24, 2.45) is 0 Å². The molecule has 33 heavy (non-hydrogen) atoms. The van der Waals surface area contributed by atoms with Gasteiger partial charge in [-0.2, -0.15) is 0 Å². The molecule has 1 amide bonds. The number of nitrogens with zero attached hydrogens (tertiary/aromatic N) is 5. The highest BCUT2D eigenvalue weighted by Crippen LogP contribution is 2.30. The molecule has 0 spiro atoms. The number of amides is 1. The second-order valence-corrected chi connectivity index (χ2v) is 8.84. The predicted octanol–water partition coefficient (Wildman–Crippen LogP) is 4.48. The van der Waals surface area contributed by atoms with Crippen LogP contribution in [0.4, 0.5) is 5.69 Å². The number of benzene rings is 2. The number of halogens is 1. The van der Waals surface area contributed by atoms with E-state index < -0.39 is 0 Å². The zero-order chi connectivity index (χ0) is 22.8. The van der Waals surface area contributed by atoms with E-state index in [0.717, 1.165) is 35.3 Å². The van der Waals surface area contributed by atoms with Crippen LogP contribution in [0.5, 0.6) is 0 Å². The van der Waals surface area contributed by atoms with Crippen LogP contribution in [0.2, 0.25) is 5.02 Å². The highest BCUT2D eigenvalue weighted by Gasteiger charge is 2.21. The zero-order valence-corrected chi connectivity index (χ0v) is 19.0. The summed E-state index contributed by atoms with van der Waals surface area (Å²) < 4.78 is 1.91. The standard InChI is InChI=1S/C24H18ClN5O2S/c25-19-2-4-20(5-3-19)30-23(16-7-10-26-11-8-16)27-28-24(30)33-14-22(32)18-1-6-21-17(13-18)9-12-29(21)15-31/h1-8,10-11,13,15H,9,12,14H2. The van der Waals surface area contributed by atoms with Gasteiger partial charge in [-0.3, -0.25) is 19.1 Å². The molecule has 7 nitrogen and oxygen atoms in total. The summed E-state index contributed by atoms with van der Waals surface area (Å²) in [7, 11) is 0. The zero-order valence-electron chi connectivity index (χ0n) is 17.4. The quantitative estimate of drug-likeness (QED) is 0.223. The molecule has 0 aliphatic carbocycles. The lowest BCUT2D eigenvalue weighted by molar-refractivity contribution is -0.107. The van der Waals surface area contributed by atoms with Crippen molar-refractivity contribution in [1.29, 1.82) is 0 Å². The normalized spacial score (nSPS) is 12.6. The van der Waals surface area contributed by atoms with Gasteiger partial charge in [-0.25, -0.2) is 0 Å². The summed E-state index contributed by atoms with van der Waals surface area (Å²) in [5, 5.41) is 9.98. The fraction of sp³-hybridized carbons (Fsp3) is 0.125. The molecule has 0 saturated heterocycles. The lowest BCUT2D eigenvalue weighted by Crippen LogP contribution is -2.17. The number of fused-ring (bicyclic) bond motifs is 1. The number of carbonyl (C=O) groups excluding carboxylic acids is 2. The van der Waals surface area contributed by atoms with Gasteiger partial charge in [-0.05, 0) is 66.6 Å². The van der Waals surface area contributed by atoms with Gasteiger partial charge in [0, 0.05) is 46.5 Å². The summed E-state index contributed by atoms with van der Waals surface area (Å²) in [6.07, 6.45) is 4.98. The Morgan fingerprint density at radius 1 is 1.06 bits per heavy atom. The van der Waals surface area contributed by atoms with Crippen molar-refractivity contribution in [3.05, 3.63) is 83.1 Å². The molecule has 0 atom stereocenters. The lowest BCUT2D eigenvalue weighted by atomic mass is 10.1. The fourth-order valence-electron chi connectivity index (χ4n) is 3.80. The van der Waals surface area contributed by atoms with E-state index in [4.69, 9.17) is 11.6 Å². The Morgan fingerprint density at radius 3 is 2.61 bits per heavy atom. The molecule has 0 unspecified atom stereocenters. The first kappa shape index (κ1) is 21.4. The van der Waals surface area contributed by atoms with Crippen LogP contribution in [0.25, 0.3) is 17.1 Å². The van der Waals surface area contributed by atoms with E-state index in [1.807, 2.05) is 41.0 Å². The summed E-state index contributed by atoms with van der Waals surface area (Å²) in [6, 6.07) is 16.6. The molecule has 0 saturated carbocycles. The number of aromatic nitrogens is 4. The minimum absolute atomic E-state index is 0.0107.